The molecule has 2 heterocycles. The maximum absolute atomic E-state index is 15.5. The third-order valence-electron chi connectivity index (χ3n) is 8.42. The van der Waals surface area contributed by atoms with Gasteiger partial charge in [-0.25, -0.2) is 9.18 Å². The van der Waals surface area contributed by atoms with Gasteiger partial charge in [-0.2, -0.15) is 18.3 Å². The molecule has 1 aliphatic heterocycles. The molecule has 14 heteroatoms. The first-order valence-corrected chi connectivity index (χ1v) is 18.3. The summed E-state index contributed by atoms with van der Waals surface area (Å²) in [6, 6.07) is 6.89. The van der Waals surface area contributed by atoms with Gasteiger partial charge in [-0.3, -0.25) is 4.68 Å². The van der Waals surface area contributed by atoms with Crippen LogP contribution in [0.1, 0.15) is 59.2 Å². The quantitative estimate of drug-likeness (QED) is 0.152. The van der Waals surface area contributed by atoms with Crippen LogP contribution in [0.15, 0.2) is 30.3 Å². The number of halogens is 6. The van der Waals surface area contributed by atoms with Crippen LogP contribution < -0.4 is 5.32 Å². The summed E-state index contributed by atoms with van der Waals surface area (Å²) >= 11 is 12.9. The van der Waals surface area contributed by atoms with E-state index in [9.17, 15) is 18.0 Å². The highest BCUT2D eigenvalue weighted by Crippen LogP contribution is 2.44. The number of alkyl halides is 3. The molecule has 1 atom stereocenters. The summed E-state index contributed by atoms with van der Waals surface area (Å²) in [5, 5.41) is 7.19. The summed E-state index contributed by atoms with van der Waals surface area (Å²) in [5.41, 5.74) is -2.39. The van der Waals surface area contributed by atoms with Crippen molar-refractivity contribution in [3.05, 3.63) is 57.5 Å². The van der Waals surface area contributed by atoms with Crippen LogP contribution in [0.3, 0.4) is 0 Å². The van der Waals surface area contributed by atoms with Crippen molar-refractivity contribution in [2.45, 2.75) is 90.0 Å². The Kier molecular flexibility index (Phi) is 9.61. The van der Waals surface area contributed by atoms with Crippen molar-refractivity contribution in [3.63, 3.8) is 0 Å². The van der Waals surface area contributed by atoms with Crippen molar-refractivity contribution in [1.29, 1.82) is 0 Å². The van der Waals surface area contributed by atoms with Crippen molar-refractivity contribution >= 4 is 54.2 Å². The molecule has 1 amide bonds. The van der Waals surface area contributed by atoms with Crippen LogP contribution in [0.5, 0.6) is 0 Å². The zero-order chi connectivity index (χ0) is 33.8. The van der Waals surface area contributed by atoms with Gasteiger partial charge in [-0.15, -0.1) is 0 Å². The van der Waals surface area contributed by atoms with Crippen LogP contribution in [0.2, 0.25) is 28.2 Å². The Hall–Kier alpha value is -2.54. The lowest BCUT2D eigenvalue weighted by atomic mass is 9.87. The highest BCUT2D eigenvalue weighted by atomic mass is 35.5. The van der Waals surface area contributed by atoms with E-state index in [0.717, 1.165) is 0 Å². The van der Waals surface area contributed by atoms with Gasteiger partial charge in [0, 0.05) is 23.2 Å². The molecule has 248 valence electrons. The molecule has 1 aromatic heterocycles. The number of carbonyl (C=O) groups excluding carboxylic acids is 1. The van der Waals surface area contributed by atoms with Crippen molar-refractivity contribution in [3.8, 4) is 0 Å². The van der Waals surface area contributed by atoms with Gasteiger partial charge >= 0.3 is 12.3 Å². The molecule has 1 saturated heterocycles. The van der Waals surface area contributed by atoms with Crippen LogP contribution in [0, 0.1) is 5.82 Å². The summed E-state index contributed by atoms with van der Waals surface area (Å²) in [7, 11) is -2.16. The first-order chi connectivity index (χ1) is 20.5. The fraction of sp³-hybridized carbons (Fsp3) is 0.548. The van der Waals surface area contributed by atoms with E-state index >= 15 is 4.39 Å². The van der Waals surface area contributed by atoms with E-state index < -0.39 is 43.2 Å². The van der Waals surface area contributed by atoms with Crippen LogP contribution in [0.25, 0.3) is 10.9 Å². The maximum Gasteiger partial charge on any atom is 0.435 e. The molecular weight excluding hydrogens is 651 g/mol. The van der Waals surface area contributed by atoms with E-state index in [2.05, 4.69) is 44.3 Å². The molecule has 1 aliphatic rings. The van der Waals surface area contributed by atoms with E-state index in [1.54, 1.807) is 20.8 Å². The number of fused-ring (bicyclic) bond motifs is 1. The van der Waals surface area contributed by atoms with Gasteiger partial charge < -0.3 is 19.4 Å². The minimum atomic E-state index is -4.68. The molecule has 1 unspecified atom stereocenters. The molecule has 0 spiro atoms. The Morgan fingerprint density at radius 2 is 1.76 bits per heavy atom. The highest BCUT2D eigenvalue weighted by Gasteiger charge is 2.46. The number of carbonyl (C=O) groups is 1. The minimum absolute atomic E-state index is 0.0246. The normalized spacial score (nSPS) is 18.1. The standard InChI is InChI=1S/C31H40Cl2F4N4O3Si/c1-28(2,3)44-27(42)40-14-13-30(18-40,24-22(34)12-11-21(32)25(24)33)38-19-9-10-20-23(17-19)41(39-26(20)31(35,36)37)15-16-43-45(7,8)29(4,5)6/h9-12,17,38H,13-16,18H2,1-8H3. The zero-order valence-corrected chi connectivity index (χ0v) is 29.3. The summed E-state index contributed by atoms with van der Waals surface area (Å²) < 4.78 is 70.7. The van der Waals surface area contributed by atoms with Gasteiger partial charge in [-0.1, -0.05) is 44.0 Å². The smallest absolute Gasteiger partial charge is 0.435 e. The van der Waals surface area contributed by atoms with E-state index in [1.807, 2.05) is 0 Å². The van der Waals surface area contributed by atoms with Gasteiger partial charge in [0.05, 0.1) is 40.8 Å². The van der Waals surface area contributed by atoms with Crippen molar-refractivity contribution in [2.75, 3.05) is 25.0 Å². The summed E-state index contributed by atoms with van der Waals surface area (Å²) in [5.74, 6) is -0.642. The van der Waals surface area contributed by atoms with Gasteiger partial charge in [0.25, 0.3) is 0 Å². The number of hydrogen-bond acceptors (Lipinski definition) is 5. The summed E-state index contributed by atoms with van der Waals surface area (Å²) in [6.07, 6.45) is -5.05. The molecule has 3 aromatic rings. The van der Waals surface area contributed by atoms with E-state index in [-0.39, 0.29) is 64.2 Å². The molecule has 7 nitrogen and oxygen atoms in total. The Bertz CT molecular complexity index is 1580. The zero-order valence-electron chi connectivity index (χ0n) is 26.8. The van der Waals surface area contributed by atoms with Crippen LogP contribution in [-0.4, -0.2) is 54.4 Å². The number of hydrogen-bond donors (Lipinski definition) is 1. The Morgan fingerprint density at radius 1 is 1.09 bits per heavy atom. The van der Waals surface area contributed by atoms with E-state index in [1.165, 1.54) is 39.9 Å². The molecule has 0 saturated carbocycles. The second kappa shape index (κ2) is 12.2. The fourth-order valence-corrected chi connectivity index (χ4v) is 6.66. The molecule has 0 aliphatic carbocycles. The van der Waals surface area contributed by atoms with Crippen molar-refractivity contribution < 1.29 is 31.5 Å². The molecule has 2 aromatic carbocycles. The summed E-state index contributed by atoms with van der Waals surface area (Å²) in [6.45, 7) is 16.0. The number of rotatable bonds is 7. The number of anilines is 1. The second-order valence-electron chi connectivity index (χ2n) is 14.0. The predicted octanol–water partition coefficient (Wildman–Crippen LogP) is 9.47. The Balaban J connectivity index is 1.76. The lowest BCUT2D eigenvalue weighted by Gasteiger charge is -2.36. The monoisotopic (exact) mass is 690 g/mol. The van der Waals surface area contributed by atoms with Crippen LogP contribution >= 0.6 is 23.2 Å². The fourth-order valence-electron chi connectivity index (χ4n) is 5.14. The largest absolute Gasteiger partial charge is 0.444 e. The number of benzene rings is 2. The SMILES string of the molecule is CC(C)(C)OC(=O)N1CCC(Nc2ccc3c(C(F)(F)F)nn(CCO[Si](C)(C)C(C)(C)C)c3c2)(c2c(F)ccc(Cl)c2Cl)C1. The van der Waals surface area contributed by atoms with E-state index in [4.69, 9.17) is 32.4 Å². The van der Waals surface area contributed by atoms with Gasteiger partial charge in [-0.05, 0) is 75.7 Å². The maximum atomic E-state index is 15.5. The molecule has 0 bridgehead atoms. The minimum Gasteiger partial charge on any atom is -0.444 e. The second-order valence-corrected chi connectivity index (χ2v) is 19.6. The molecule has 0 radical (unpaired) electrons. The summed E-state index contributed by atoms with van der Waals surface area (Å²) in [4.78, 5) is 14.5. The number of nitrogens with one attached hydrogen (secondary N) is 1. The first-order valence-electron chi connectivity index (χ1n) is 14.7. The number of aromatic nitrogens is 2. The molecule has 4 rings (SSSR count). The molecule has 45 heavy (non-hydrogen) atoms. The van der Waals surface area contributed by atoms with Gasteiger partial charge in [0.15, 0.2) is 14.0 Å². The molecule has 1 fully saturated rings. The third kappa shape index (κ3) is 7.55. The first kappa shape index (κ1) is 35.3. The number of amides is 1. The van der Waals surface area contributed by atoms with Crippen molar-refractivity contribution in [1.82, 2.24) is 14.7 Å². The lowest BCUT2D eigenvalue weighted by Crippen LogP contribution is -2.42. The Labute approximate surface area is 272 Å². The Morgan fingerprint density at radius 3 is 2.36 bits per heavy atom. The predicted molar refractivity (Wildman–Crippen MR) is 172 cm³/mol. The number of likely N-dealkylation sites (tertiary alicyclic amines) is 1. The highest BCUT2D eigenvalue weighted by molar-refractivity contribution is 6.74. The average molecular weight is 692 g/mol. The average Bonchev–Trinajstić information content (AvgIpc) is 3.47. The number of ether oxygens (including phenoxy) is 1. The molecule has 1 N–H and O–H groups in total. The van der Waals surface area contributed by atoms with Crippen LogP contribution in [0.4, 0.5) is 28.0 Å². The topological polar surface area (TPSA) is 68.6 Å². The van der Waals surface area contributed by atoms with Crippen LogP contribution in [-0.2, 0) is 27.4 Å². The number of nitrogens with zero attached hydrogens (tertiary/aromatic N) is 3. The lowest BCUT2D eigenvalue weighted by molar-refractivity contribution is -0.140. The van der Waals surface area contributed by atoms with Gasteiger partial charge in [0.2, 0.25) is 0 Å². The molecular formula is C31H40Cl2F4N4O3Si. The third-order valence-corrected chi connectivity index (χ3v) is 13.8. The van der Waals surface area contributed by atoms with Gasteiger partial charge in [0.1, 0.15) is 11.4 Å². The van der Waals surface area contributed by atoms with E-state index in [0.29, 0.717) is 5.69 Å². The van der Waals surface area contributed by atoms with Crippen molar-refractivity contribution in [2.24, 2.45) is 0 Å².